The SMILES string of the molecule is Nc1nc2c(F)cc(F)cc2c2nc([C@@H]3CC[C@H](I)N(C(=O)c4ccc(F)cn4)C3)nn12. The number of carbonyl (C=O) groups is 1. The maximum atomic E-state index is 14.2. The first kappa shape index (κ1) is 20.8. The van der Waals surface area contributed by atoms with Gasteiger partial charge in [0.2, 0.25) is 5.95 Å². The van der Waals surface area contributed by atoms with Crippen molar-refractivity contribution < 1.29 is 18.0 Å². The second-order valence-electron chi connectivity index (χ2n) is 7.49. The summed E-state index contributed by atoms with van der Waals surface area (Å²) in [7, 11) is 0. The van der Waals surface area contributed by atoms with E-state index < -0.39 is 17.5 Å². The molecule has 0 bridgehead atoms. The highest BCUT2D eigenvalue weighted by atomic mass is 127. The summed E-state index contributed by atoms with van der Waals surface area (Å²) in [5, 5.41) is 4.57. The normalized spacial score (nSPS) is 19.1. The zero-order valence-corrected chi connectivity index (χ0v) is 18.5. The van der Waals surface area contributed by atoms with Crippen molar-refractivity contribution in [2.24, 2.45) is 0 Å². The third kappa shape index (κ3) is 3.51. The van der Waals surface area contributed by atoms with Crippen molar-refractivity contribution in [2.75, 3.05) is 12.3 Å². The Kier molecular flexibility index (Phi) is 5.10. The van der Waals surface area contributed by atoms with Crippen molar-refractivity contribution >= 4 is 51.0 Å². The fourth-order valence-electron chi connectivity index (χ4n) is 3.86. The van der Waals surface area contributed by atoms with Crippen LogP contribution in [0.15, 0.2) is 30.5 Å². The number of nitrogen functional groups attached to an aromatic ring is 1. The number of nitrogens with two attached hydrogens (primary N) is 1. The van der Waals surface area contributed by atoms with Crippen molar-refractivity contribution in [3.63, 3.8) is 0 Å². The highest BCUT2D eigenvalue weighted by Gasteiger charge is 2.34. The first-order valence-electron chi connectivity index (χ1n) is 9.69. The Labute approximate surface area is 192 Å². The molecule has 1 aliphatic heterocycles. The molecule has 0 spiro atoms. The second kappa shape index (κ2) is 7.83. The van der Waals surface area contributed by atoms with Crippen molar-refractivity contribution in [3.8, 4) is 0 Å². The van der Waals surface area contributed by atoms with Gasteiger partial charge < -0.3 is 10.6 Å². The predicted molar refractivity (Wildman–Crippen MR) is 118 cm³/mol. The number of likely N-dealkylation sites (tertiary alicyclic amines) is 1. The highest BCUT2D eigenvalue weighted by Crippen LogP contribution is 2.33. The molecule has 1 amide bonds. The van der Waals surface area contributed by atoms with Gasteiger partial charge in [0.05, 0.1) is 15.6 Å². The Balaban J connectivity index is 1.52. The molecule has 0 saturated carbocycles. The molecule has 0 unspecified atom stereocenters. The van der Waals surface area contributed by atoms with E-state index in [0.29, 0.717) is 25.2 Å². The minimum Gasteiger partial charge on any atom is -0.368 e. The van der Waals surface area contributed by atoms with E-state index in [1.807, 2.05) is 0 Å². The molecule has 1 aliphatic rings. The number of hydrogen-bond acceptors (Lipinski definition) is 6. The van der Waals surface area contributed by atoms with E-state index in [9.17, 15) is 18.0 Å². The summed E-state index contributed by atoms with van der Waals surface area (Å²) in [4.78, 5) is 27.0. The van der Waals surface area contributed by atoms with E-state index in [4.69, 9.17) is 5.73 Å². The van der Waals surface area contributed by atoms with Gasteiger partial charge in [-0.15, -0.1) is 5.10 Å². The number of benzene rings is 1. The summed E-state index contributed by atoms with van der Waals surface area (Å²) in [6, 6.07) is 4.40. The summed E-state index contributed by atoms with van der Waals surface area (Å²) in [6.07, 6.45) is 2.37. The Morgan fingerprint density at radius 1 is 1.12 bits per heavy atom. The fraction of sp³-hybridized carbons (Fsp3) is 0.250. The van der Waals surface area contributed by atoms with E-state index in [0.717, 1.165) is 18.3 Å². The number of halogens is 4. The lowest BCUT2D eigenvalue weighted by Crippen LogP contribution is -2.43. The molecule has 4 aromatic rings. The van der Waals surface area contributed by atoms with Gasteiger partial charge in [0, 0.05) is 18.5 Å². The van der Waals surface area contributed by atoms with Crippen LogP contribution in [-0.4, -0.2) is 46.0 Å². The number of fused-ring (bicyclic) bond motifs is 3. The van der Waals surface area contributed by atoms with Crippen molar-refractivity contribution in [2.45, 2.75) is 22.8 Å². The van der Waals surface area contributed by atoms with Gasteiger partial charge in [-0.2, -0.15) is 4.52 Å². The Bertz CT molecular complexity index is 1360. The number of carbonyl (C=O) groups excluding carboxylic acids is 1. The van der Waals surface area contributed by atoms with E-state index in [1.165, 1.54) is 16.6 Å². The molecule has 12 heteroatoms. The first-order valence-corrected chi connectivity index (χ1v) is 10.9. The number of rotatable bonds is 2. The van der Waals surface area contributed by atoms with Crippen molar-refractivity contribution in [3.05, 3.63) is 59.4 Å². The maximum absolute atomic E-state index is 14.2. The van der Waals surface area contributed by atoms with Crippen LogP contribution in [0.5, 0.6) is 0 Å². The molecule has 3 aromatic heterocycles. The highest BCUT2D eigenvalue weighted by molar-refractivity contribution is 14.1. The van der Waals surface area contributed by atoms with Crippen molar-refractivity contribution in [1.82, 2.24) is 29.5 Å². The van der Waals surface area contributed by atoms with Crippen LogP contribution in [0.3, 0.4) is 0 Å². The van der Waals surface area contributed by atoms with E-state index in [-0.39, 0.29) is 44.1 Å². The van der Waals surface area contributed by atoms with Crippen LogP contribution < -0.4 is 5.73 Å². The van der Waals surface area contributed by atoms with Gasteiger partial charge in [-0.25, -0.2) is 28.1 Å². The number of pyridine rings is 1. The molecule has 164 valence electrons. The van der Waals surface area contributed by atoms with Crippen LogP contribution in [0.25, 0.3) is 16.6 Å². The number of amides is 1. The molecule has 4 heterocycles. The molecule has 1 fully saturated rings. The van der Waals surface area contributed by atoms with Gasteiger partial charge in [-0.05, 0) is 31.0 Å². The lowest BCUT2D eigenvalue weighted by Gasteiger charge is -2.35. The topological polar surface area (TPSA) is 102 Å². The molecule has 5 rings (SSSR count). The minimum atomic E-state index is -0.840. The fourth-order valence-corrected chi connectivity index (χ4v) is 4.69. The monoisotopic (exact) mass is 553 g/mol. The molecule has 2 N–H and O–H groups in total. The quantitative estimate of drug-likeness (QED) is 0.232. The van der Waals surface area contributed by atoms with Crippen LogP contribution in [0, 0.1) is 17.5 Å². The Morgan fingerprint density at radius 3 is 2.69 bits per heavy atom. The molecule has 8 nitrogen and oxygen atoms in total. The van der Waals surface area contributed by atoms with Gasteiger partial charge >= 0.3 is 0 Å². The molecule has 32 heavy (non-hydrogen) atoms. The van der Waals surface area contributed by atoms with Gasteiger partial charge in [0.15, 0.2) is 17.3 Å². The maximum Gasteiger partial charge on any atom is 0.273 e. The predicted octanol–water partition coefficient (Wildman–Crippen LogP) is 3.45. The zero-order chi connectivity index (χ0) is 22.6. The van der Waals surface area contributed by atoms with Gasteiger partial charge in [0.1, 0.15) is 22.8 Å². The number of aromatic nitrogens is 5. The summed E-state index contributed by atoms with van der Waals surface area (Å²) in [5.74, 6) is -2.38. The van der Waals surface area contributed by atoms with Crippen LogP contribution >= 0.6 is 22.6 Å². The van der Waals surface area contributed by atoms with Crippen LogP contribution in [-0.2, 0) is 0 Å². The third-order valence-electron chi connectivity index (χ3n) is 5.42. The summed E-state index contributed by atoms with van der Waals surface area (Å²) >= 11 is 2.18. The zero-order valence-electron chi connectivity index (χ0n) is 16.3. The number of piperidine rings is 1. The molecule has 1 saturated heterocycles. The third-order valence-corrected chi connectivity index (χ3v) is 6.71. The molecular weight excluding hydrogens is 538 g/mol. The van der Waals surface area contributed by atoms with E-state index >= 15 is 0 Å². The van der Waals surface area contributed by atoms with Crippen molar-refractivity contribution in [1.29, 1.82) is 0 Å². The number of anilines is 1. The van der Waals surface area contributed by atoms with Crippen LogP contribution in [0.4, 0.5) is 19.1 Å². The number of alkyl halides is 1. The lowest BCUT2D eigenvalue weighted by molar-refractivity contribution is 0.0683. The molecule has 1 aromatic carbocycles. The molecule has 0 radical (unpaired) electrons. The molecular formula is C20H15F3IN7O. The summed E-state index contributed by atoms with van der Waals surface area (Å²) in [6.45, 7) is 0.302. The minimum absolute atomic E-state index is 0.0808. The smallest absolute Gasteiger partial charge is 0.273 e. The Morgan fingerprint density at radius 2 is 1.94 bits per heavy atom. The van der Waals surface area contributed by atoms with Gasteiger partial charge in [-0.1, -0.05) is 22.6 Å². The lowest BCUT2D eigenvalue weighted by atomic mass is 9.97. The molecule has 0 aliphatic carbocycles. The average molecular weight is 553 g/mol. The first-order chi connectivity index (χ1) is 15.3. The van der Waals surface area contributed by atoms with Gasteiger partial charge in [0.25, 0.3) is 5.91 Å². The van der Waals surface area contributed by atoms with Gasteiger partial charge in [-0.3, -0.25) is 4.79 Å². The van der Waals surface area contributed by atoms with Crippen LogP contribution in [0.2, 0.25) is 0 Å². The van der Waals surface area contributed by atoms with E-state index in [2.05, 4.69) is 42.6 Å². The average Bonchev–Trinajstić information content (AvgIpc) is 3.22. The number of nitrogens with zero attached hydrogens (tertiary/aromatic N) is 6. The van der Waals surface area contributed by atoms with Crippen LogP contribution in [0.1, 0.15) is 35.1 Å². The summed E-state index contributed by atoms with van der Waals surface area (Å²) < 4.78 is 42.4. The Hall–Kier alpha value is -3.03. The standard InChI is InChI=1S/C20H15F3IN7O/c21-10-2-3-14(26-7-10)19(32)30-8-9(1-4-15(30)24)17-28-18-12-5-11(22)6-13(23)16(12)27-20(25)31(18)29-17/h2-3,5-7,9,15H,1,4,8H2,(H2,25,27)/t9-,15-/m1/s1. The molecule has 2 atom stereocenters. The second-order valence-corrected chi connectivity index (χ2v) is 8.92. The summed E-state index contributed by atoms with van der Waals surface area (Å²) in [5.41, 5.74) is 6.18. The van der Waals surface area contributed by atoms with E-state index in [1.54, 1.807) is 4.90 Å². The number of hydrogen-bond donors (Lipinski definition) is 1. The largest absolute Gasteiger partial charge is 0.368 e.